The highest BCUT2D eigenvalue weighted by atomic mass is 16.5. The Bertz CT molecular complexity index is 536. The van der Waals surface area contributed by atoms with E-state index in [1.54, 1.807) is 0 Å². The fourth-order valence-electron chi connectivity index (χ4n) is 2.08. The summed E-state index contributed by atoms with van der Waals surface area (Å²) in [5, 5.41) is 3.48. The molecule has 0 atom stereocenters. The van der Waals surface area contributed by atoms with Crippen LogP contribution in [0.25, 0.3) is 0 Å². The van der Waals surface area contributed by atoms with Crippen molar-refractivity contribution in [3.05, 3.63) is 59.7 Å². The van der Waals surface area contributed by atoms with Gasteiger partial charge in [-0.15, -0.1) is 0 Å². The van der Waals surface area contributed by atoms with Crippen molar-refractivity contribution >= 4 is 5.69 Å². The highest BCUT2D eigenvalue weighted by Crippen LogP contribution is 2.21. The van der Waals surface area contributed by atoms with E-state index in [1.165, 1.54) is 16.8 Å². The number of rotatable bonds is 7. The summed E-state index contributed by atoms with van der Waals surface area (Å²) in [5.74, 6) is 0.988. The lowest BCUT2D eigenvalue weighted by atomic mass is 10.1. The minimum absolute atomic E-state index is 0.785. The summed E-state index contributed by atoms with van der Waals surface area (Å²) < 4.78 is 5.86. The molecule has 106 valence electrons. The van der Waals surface area contributed by atoms with Crippen LogP contribution in [0.2, 0.25) is 0 Å². The molecule has 0 aliphatic carbocycles. The standard InChI is InChI=1S/C18H23NO/c1-3-4-13-20-18-12-8-6-10-16(18)14-19-17-11-7-5-9-15(17)2/h5-12,19H,3-4,13-14H2,1-2H3. The molecule has 0 fully saturated rings. The number of para-hydroxylation sites is 2. The number of nitrogens with one attached hydrogen (secondary N) is 1. The number of benzene rings is 2. The molecule has 0 amide bonds. The van der Waals surface area contributed by atoms with Gasteiger partial charge in [0.1, 0.15) is 5.75 Å². The van der Waals surface area contributed by atoms with Gasteiger partial charge in [0.25, 0.3) is 0 Å². The van der Waals surface area contributed by atoms with Crippen LogP contribution in [-0.4, -0.2) is 6.61 Å². The van der Waals surface area contributed by atoms with Crippen molar-refractivity contribution in [2.75, 3.05) is 11.9 Å². The predicted octanol–water partition coefficient (Wildman–Crippen LogP) is 4.79. The zero-order valence-corrected chi connectivity index (χ0v) is 12.4. The van der Waals surface area contributed by atoms with Gasteiger partial charge >= 0.3 is 0 Å². The van der Waals surface area contributed by atoms with E-state index in [0.29, 0.717) is 0 Å². The monoisotopic (exact) mass is 269 g/mol. The van der Waals surface area contributed by atoms with Crippen LogP contribution >= 0.6 is 0 Å². The number of hydrogen-bond acceptors (Lipinski definition) is 2. The molecule has 0 unspecified atom stereocenters. The quantitative estimate of drug-likeness (QED) is 0.730. The summed E-state index contributed by atoms with van der Waals surface area (Å²) in [4.78, 5) is 0. The SMILES string of the molecule is CCCCOc1ccccc1CNc1ccccc1C. The van der Waals surface area contributed by atoms with Crippen molar-refractivity contribution in [3.8, 4) is 5.75 Å². The molecule has 0 heterocycles. The van der Waals surface area contributed by atoms with Crippen molar-refractivity contribution in [3.63, 3.8) is 0 Å². The van der Waals surface area contributed by atoms with Gasteiger partial charge in [-0.05, 0) is 31.0 Å². The molecule has 2 nitrogen and oxygen atoms in total. The number of ether oxygens (including phenoxy) is 1. The first-order valence-electron chi connectivity index (χ1n) is 7.31. The topological polar surface area (TPSA) is 21.3 Å². The lowest BCUT2D eigenvalue weighted by Gasteiger charge is -2.13. The molecule has 1 N–H and O–H groups in total. The number of unbranched alkanes of at least 4 members (excludes halogenated alkanes) is 1. The highest BCUT2D eigenvalue weighted by Gasteiger charge is 2.03. The first-order chi connectivity index (χ1) is 9.81. The van der Waals surface area contributed by atoms with Crippen molar-refractivity contribution in [2.45, 2.75) is 33.2 Å². The van der Waals surface area contributed by atoms with E-state index >= 15 is 0 Å². The molecule has 2 heteroatoms. The van der Waals surface area contributed by atoms with Gasteiger partial charge in [0, 0.05) is 17.8 Å². The summed E-state index contributed by atoms with van der Waals surface area (Å²) in [5.41, 5.74) is 3.64. The molecule has 2 aromatic rings. The maximum absolute atomic E-state index is 5.86. The lowest BCUT2D eigenvalue weighted by Crippen LogP contribution is -2.05. The summed E-state index contributed by atoms with van der Waals surface area (Å²) in [6.07, 6.45) is 2.25. The smallest absolute Gasteiger partial charge is 0.124 e. The first kappa shape index (κ1) is 14.4. The van der Waals surface area contributed by atoms with E-state index in [9.17, 15) is 0 Å². The van der Waals surface area contributed by atoms with Crippen molar-refractivity contribution in [1.29, 1.82) is 0 Å². The fraction of sp³-hybridized carbons (Fsp3) is 0.333. The van der Waals surface area contributed by atoms with Gasteiger partial charge in [-0.3, -0.25) is 0 Å². The van der Waals surface area contributed by atoms with E-state index in [2.05, 4.69) is 55.6 Å². The molecule has 2 rings (SSSR count). The van der Waals surface area contributed by atoms with Gasteiger partial charge < -0.3 is 10.1 Å². The minimum atomic E-state index is 0.785. The van der Waals surface area contributed by atoms with Gasteiger partial charge in [0.2, 0.25) is 0 Å². The number of anilines is 1. The zero-order valence-electron chi connectivity index (χ0n) is 12.4. The molecule has 2 aromatic carbocycles. The molecule has 20 heavy (non-hydrogen) atoms. The second kappa shape index (κ2) is 7.59. The van der Waals surface area contributed by atoms with E-state index in [4.69, 9.17) is 4.74 Å². The normalized spacial score (nSPS) is 10.3. The molecule has 0 aromatic heterocycles. The Kier molecular flexibility index (Phi) is 5.48. The highest BCUT2D eigenvalue weighted by molar-refractivity contribution is 5.51. The van der Waals surface area contributed by atoms with Gasteiger partial charge in [0.15, 0.2) is 0 Å². The van der Waals surface area contributed by atoms with Crippen LogP contribution in [0, 0.1) is 6.92 Å². The van der Waals surface area contributed by atoms with E-state index in [0.717, 1.165) is 31.7 Å². The van der Waals surface area contributed by atoms with Crippen LogP contribution < -0.4 is 10.1 Å². The molecule has 0 aliphatic rings. The average Bonchev–Trinajstić information content (AvgIpc) is 2.48. The first-order valence-corrected chi connectivity index (χ1v) is 7.31. The van der Waals surface area contributed by atoms with Gasteiger partial charge in [-0.1, -0.05) is 49.7 Å². The van der Waals surface area contributed by atoms with Crippen molar-refractivity contribution < 1.29 is 4.74 Å². The average molecular weight is 269 g/mol. The van der Waals surface area contributed by atoms with Gasteiger partial charge in [0.05, 0.1) is 6.61 Å². The van der Waals surface area contributed by atoms with Crippen LogP contribution in [0.3, 0.4) is 0 Å². The number of hydrogen-bond donors (Lipinski definition) is 1. The Labute approximate surface area is 121 Å². The predicted molar refractivity (Wildman–Crippen MR) is 85.4 cm³/mol. The molecule has 0 spiro atoms. The van der Waals surface area contributed by atoms with Gasteiger partial charge in [-0.25, -0.2) is 0 Å². The zero-order chi connectivity index (χ0) is 14.2. The van der Waals surface area contributed by atoms with E-state index in [-0.39, 0.29) is 0 Å². The molecular weight excluding hydrogens is 246 g/mol. The van der Waals surface area contributed by atoms with E-state index in [1.807, 2.05) is 12.1 Å². The Morgan fingerprint density at radius 1 is 1.00 bits per heavy atom. The third-order valence-electron chi connectivity index (χ3n) is 3.34. The van der Waals surface area contributed by atoms with Crippen molar-refractivity contribution in [2.24, 2.45) is 0 Å². The molecule has 0 saturated carbocycles. The second-order valence-corrected chi connectivity index (χ2v) is 4.98. The van der Waals surface area contributed by atoms with E-state index < -0.39 is 0 Å². The molecule has 0 radical (unpaired) electrons. The summed E-state index contributed by atoms with van der Waals surface area (Å²) in [6.45, 7) is 5.87. The largest absolute Gasteiger partial charge is 0.493 e. The maximum Gasteiger partial charge on any atom is 0.124 e. The molecular formula is C18H23NO. The third kappa shape index (κ3) is 4.02. The molecule has 0 saturated heterocycles. The Hall–Kier alpha value is -1.96. The summed E-state index contributed by atoms with van der Waals surface area (Å²) in [7, 11) is 0. The van der Waals surface area contributed by atoms with Crippen LogP contribution in [0.4, 0.5) is 5.69 Å². The third-order valence-corrected chi connectivity index (χ3v) is 3.34. The molecule has 0 bridgehead atoms. The molecule has 0 aliphatic heterocycles. The van der Waals surface area contributed by atoms with Crippen LogP contribution in [0.5, 0.6) is 5.75 Å². The van der Waals surface area contributed by atoms with Crippen LogP contribution in [-0.2, 0) is 6.54 Å². The van der Waals surface area contributed by atoms with Crippen molar-refractivity contribution in [1.82, 2.24) is 0 Å². The van der Waals surface area contributed by atoms with Gasteiger partial charge in [-0.2, -0.15) is 0 Å². The van der Waals surface area contributed by atoms with Crippen LogP contribution in [0.15, 0.2) is 48.5 Å². The Balaban J connectivity index is 2.00. The summed E-state index contributed by atoms with van der Waals surface area (Å²) in [6, 6.07) is 16.6. The minimum Gasteiger partial charge on any atom is -0.493 e. The fourth-order valence-corrected chi connectivity index (χ4v) is 2.08. The Morgan fingerprint density at radius 3 is 2.55 bits per heavy atom. The Morgan fingerprint density at radius 2 is 1.75 bits per heavy atom. The summed E-state index contributed by atoms with van der Waals surface area (Å²) >= 11 is 0. The lowest BCUT2D eigenvalue weighted by molar-refractivity contribution is 0.306. The number of aryl methyl sites for hydroxylation is 1. The maximum atomic E-state index is 5.86. The van der Waals surface area contributed by atoms with Crippen LogP contribution in [0.1, 0.15) is 30.9 Å². The second-order valence-electron chi connectivity index (χ2n) is 4.98.